The molecule has 188 valence electrons. The Labute approximate surface area is 220 Å². The number of ether oxygens (including phenoxy) is 1. The second kappa shape index (κ2) is 11.1. The van der Waals surface area contributed by atoms with Crippen LogP contribution in [-0.4, -0.2) is 62.2 Å². The largest absolute Gasteiger partial charge is 0.465 e. The van der Waals surface area contributed by atoms with Gasteiger partial charge in [-0.15, -0.1) is 0 Å². The summed E-state index contributed by atoms with van der Waals surface area (Å²) in [4.78, 5) is 29.4. The van der Waals surface area contributed by atoms with Crippen molar-refractivity contribution >= 4 is 52.2 Å². The zero-order valence-electron chi connectivity index (χ0n) is 20.3. The van der Waals surface area contributed by atoms with Crippen molar-refractivity contribution in [2.45, 2.75) is 6.92 Å². The van der Waals surface area contributed by atoms with Crippen LogP contribution in [-0.2, 0) is 4.74 Å². The highest BCUT2D eigenvalue weighted by Gasteiger charge is 2.20. The third-order valence-corrected chi connectivity index (χ3v) is 6.63. The van der Waals surface area contributed by atoms with Crippen LogP contribution in [0.25, 0.3) is 11.3 Å². The second-order valence-electron chi connectivity index (χ2n) is 8.55. The number of nitrogens with zero attached hydrogens (tertiary/aromatic N) is 2. The van der Waals surface area contributed by atoms with Crippen molar-refractivity contribution in [3.8, 4) is 11.3 Å². The molecule has 0 saturated carbocycles. The molecule has 1 fully saturated rings. The number of hydrogen-bond acceptors (Lipinski definition) is 7. The van der Waals surface area contributed by atoms with Crippen LogP contribution in [0.1, 0.15) is 26.5 Å². The predicted molar refractivity (Wildman–Crippen MR) is 145 cm³/mol. The number of piperazine rings is 1. The van der Waals surface area contributed by atoms with Crippen molar-refractivity contribution in [2.24, 2.45) is 0 Å². The average molecular weight is 527 g/mol. The normalized spacial score (nSPS) is 13.8. The summed E-state index contributed by atoms with van der Waals surface area (Å²) in [5, 5.41) is 6.41. The maximum absolute atomic E-state index is 12.8. The minimum atomic E-state index is -0.498. The lowest BCUT2D eigenvalue weighted by molar-refractivity contribution is 0.0600. The van der Waals surface area contributed by atoms with Gasteiger partial charge in [-0.2, -0.15) is 0 Å². The van der Waals surface area contributed by atoms with Gasteiger partial charge in [0.1, 0.15) is 5.76 Å². The molecule has 0 atom stereocenters. The van der Waals surface area contributed by atoms with Crippen molar-refractivity contribution in [1.82, 2.24) is 10.2 Å². The molecule has 0 aliphatic carbocycles. The number of hydrogen-bond donors (Lipinski definition) is 2. The molecule has 0 radical (unpaired) electrons. The molecule has 8 nitrogen and oxygen atoms in total. The Morgan fingerprint density at radius 2 is 1.81 bits per heavy atom. The van der Waals surface area contributed by atoms with Gasteiger partial charge in [0.05, 0.1) is 24.0 Å². The quantitative estimate of drug-likeness (QED) is 0.369. The summed E-state index contributed by atoms with van der Waals surface area (Å²) in [5.41, 5.74) is 3.57. The zero-order valence-corrected chi connectivity index (χ0v) is 21.8. The van der Waals surface area contributed by atoms with Gasteiger partial charge in [-0.25, -0.2) is 4.79 Å². The molecule has 2 heterocycles. The zero-order chi connectivity index (χ0) is 25.8. The highest BCUT2D eigenvalue weighted by atomic mass is 35.5. The van der Waals surface area contributed by atoms with Gasteiger partial charge in [-0.3, -0.25) is 10.1 Å². The first-order valence-corrected chi connectivity index (χ1v) is 12.2. The van der Waals surface area contributed by atoms with E-state index in [0.717, 1.165) is 43.0 Å². The van der Waals surface area contributed by atoms with Crippen LogP contribution in [0, 0.1) is 6.92 Å². The molecule has 0 spiro atoms. The van der Waals surface area contributed by atoms with Crippen LogP contribution in [0.4, 0.5) is 11.4 Å². The number of esters is 1. The smallest absolute Gasteiger partial charge is 0.337 e. The van der Waals surface area contributed by atoms with Crippen molar-refractivity contribution in [1.29, 1.82) is 0 Å². The van der Waals surface area contributed by atoms with E-state index < -0.39 is 11.9 Å². The Morgan fingerprint density at radius 1 is 1.06 bits per heavy atom. The standard InChI is InChI=1S/C26H27ClN4O4S/c1-16-4-5-17(14-19(16)27)22-8-9-23(35-22)24(32)29-26(36)28-20-15-18(25(33)34-3)6-7-21(20)31-12-10-30(2)11-13-31/h4-9,14-15H,10-13H2,1-3H3,(H2,28,29,32,36). The summed E-state index contributed by atoms with van der Waals surface area (Å²) in [6, 6.07) is 14.1. The number of carbonyl (C=O) groups excluding carboxylic acids is 2. The fourth-order valence-corrected chi connectivity index (χ4v) is 4.27. The molecule has 2 N–H and O–H groups in total. The Kier molecular flexibility index (Phi) is 7.93. The van der Waals surface area contributed by atoms with Crippen LogP contribution < -0.4 is 15.5 Å². The molecule has 4 rings (SSSR count). The highest BCUT2D eigenvalue weighted by molar-refractivity contribution is 7.80. The number of nitrogens with one attached hydrogen (secondary N) is 2. The molecule has 2 aromatic carbocycles. The third-order valence-electron chi connectivity index (χ3n) is 6.02. The van der Waals surface area contributed by atoms with Gasteiger partial charge in [0.15, 0.2) is 10.9 Å². The molecule has 10 heteroatoms. The van der Waals surface area contributed by atoms with Crippen molar-refractivity contribution in [3.05, 3.63) is 70.4 Å². The molecule has 0 unspecified atom stereocenters. The van der Waals surface area contributed by atoms with Crippen LogP contribution >= 0.6 is 23.8 Å². The number of furan rings is 1. The van der Waals surface area contributed by atoms with E-state index in [0.29, 0.717) is 22.0 Å². The number of halogens is 1. The molecule has 36 heavy (non-hydrogen) atoms. The summed E-state index contributed by atoms with van der Waals surface area (Å²) in [5.74, 6) is -0.336. The van der Waals surface area contributed by atoms with Gasteiger partial charge in [0.25, 0.3) is 5.91 Å². The number of rotatable bonds is 5. The fourth-order valence-electron chi connectivity index (χ4n) is 3.88. The van der Waals surface area contributed by atoms with Crippen LogP contribution in [0.15, 0.2) is 52.9 Å². The molecule has 1 saturated heterocycles. The van der Waals surface area contributed by atoms with Gasteiger partial charge in [-0.05, 0) is 68.2 Å². The maximum atomic E-state index is 12.8. The Hall–Kier alpha value is -3.40. The number of methoxy groups -OCH3 is 1. The first kappa shape index (κ1) is 25.7. The maximum Gasteiger partial charge on any atom is 0.337 e. The monoisotopic (exact) mass is 526 g/mol. The van der Waals surface area contributed by atoms with E-state index in [9.17, 15) is 9.59 Å². The van der Waals surface area contributed by atoms with E-state index in [1.165, 1.54) is 7.11 Å². The van der Waals surface area contributed by atoms with Gasteiger partial charge in [0.2, 0.25) is 0 Å². The second-order valence-corrected chi connectivity index (χ2v) is 9.37. The van der Waals surface area contributed by atoms with Gasteiger partial charge < -0.3 is 24.3 Å². The minimum Gasteiger partial charge on any atom is -0.465 e. The number of amides is 1. The van der Waals surface area contributed by atoms with E-state index >= 15 is 0 Å². The highest BCUT2D eigenvalue weighted by Crippen LogP contribution is 2.29. The molecular formula is C26H27ClN4O4S. The van der Waals surface area contributed by atoms with Crippen LogP contribution in [0.3, 0.4) is 0 Å². The molecule has 1 aromatic heterocycles. The van der Waals surface area contributed by atoms with Crippen LogP contribution in [0.5, 0.6) is 0 Å². The van der Waals surface area contributed by atoms with E-state index in [2.05, 4.69) is 27.5 Å². The van der Waals surface area contributed by atoms with Gasteiger partial charge >= 0.3 is 5.97 Å². The third kappa shape index (κ3) is 5.87. The number of aryl methyl sites for hydroxylation is 1. The summed E-state index contributed by atoms with van der Waals surface area (Å²) in [7, 11) is 3.41. The predicted octanol–water partition coefficient (Wildman–Crippen LogP) is 4.57. The molecular weight excluding hydrogens is 500 g/mol. The number of likely N-dealkylation sites (N-methyl/N-ethyl adjacent to an activating group) is 1. The Morgan fingerprint density at radius 3 is 2.50 bits per heavy atom. The number of carbonyl (C=O) groups is 2. The van der Waals surface area contributed by atoms with Crippen molar-refractivity contribution < 1.29 is 18.7 Å². The van der Waals surface area contributed by atoms with E-state index in [1.54, 1.807) is 30.3 Å². The lowest BCUT2D eigenvalue weighted by atomic mass is 10.1. The summed E-state index contributed by atoms with van der Waals surface area (Å²) in [6.45, 7) is 5.37. The Balaban J connectivity index is 1.49. The lowest BCUT2D eigenvalue weighted by Crippen LogP contribution is -2.45. The minimum absolute atomic E-state index is 0.0775. The van der Waals surface area contributed by atoms with Crippen LogP contribution in [0.2, 0.25) is 5.02 Å². The van der Waals surface area contributed by atoms with Gasteiger partial charge in [0, 0.05) is 36.8 Å². The van der Waals surface area contributed by atoms with Crippen molar-refractivity contribution in [3.63, 3.8) is 0 Å². The summed E-state index contributed by atoms with van der Waals surface area (Å²) < 4.78 is 10.6. The first-order chi connectivity index (χ1) is 17.2. The first-order valence-electron chi connectivity index (χ1n) is 11.4. The molecule has 1 aliphatic rings. The van der Waals surface area contributed by atoms with E-state index in [1.807, 2.05) is 25.1 Å². The Bertz CT molecular complexity index is 1300. The molecule has 1 amide bonds. The van der Waals surface area contributed by atoms with E-state index in [-0.39, 0.29) is 10.9 Å². The number of thiocarbonyl (C=S) groups is 1. The van der Waals surface area contributed by atoms with E-state index in [4.69, 9.17) is 33.0 Å². The van der Waals surface area contributed by atoms with Crippen molar-refractivity contribution in [2.75, 3.05) is 50.6 Å². The summed E-state index contributed by atoms with van der Waals surface area (Å²) in [6.07, 6.45) is 0. The summed E-state index contributed by atoms with van der Waals surface area (Å²) >= 11 is 11.6. The molecule has 1 aliphatic heterocycles. The van der Waals surface area contributed by atoms with Gasteiger partial charge in [-0.1, -0.05) is 23.7 Å². The fraction of sp³-hybridized carbons (Fsp3) is 0.269. The molecule has 3 aromatic rings. The SMILES string of the molecule is COC(=O)c1ccc(N2CCN(C)CC2)c(NC(=S)NC(=O)c2ccc(-c3ccc(C)c(Cl)c3)o2)c1. The topological polar surface area (TPSA) is 87.0 Å². The average Bonchev–Trinajstić information content (AvgIpc) is 3.36. The molecule has 0 bridgehead atoms. The lowest BCUT2D eigenvalue weighted by Gasteiger charge is -2.35. The number of benzene rings is 2. The number of anilines is 2.